The molecule has 2 aromatic carbocycles. The van der Waals surface area contributed by atoms with E-state index in [2.05, 4.69) is 75.9 Å². The third-order valence-electron chi connectivity index (χ3n) is 5.24. The van der Waals surface area contributed by atoms with Crippen LogP contribution in [-0.2, 0) is 13.0 Å². The summed E-state index contributed by atoms with van der Waals surface area (Å²) in [6.45, 7) is 12.6. The molecule has 2 N–H and O–H groups in total. The topological polar surface area (TPSA) is 90.4 Å². The van der Waals surface area contributed by atoms with Crippen molar-refractivity contribution < 1.29 is 0 Å². The predicted octanol–water partition coefficient (Wildman–Crippen LogP) is 5.42. The fourth-order valence-electron chi connectivity index (χ4n) is 3.60. The van der Waals surface area contributed by atoms with Crippen LogP contribution in [0.2, 0.25) is 0 Å². The van der Waals surface area contributed by atoms with Gasteiger partial charge in [0.05, 0.1) is 11.6 Å². The second-order valence-electron chi connectivity index (χ2n) is 7.64. The molecule has 7 heteroatoms. The molecule has 3 rings (SSSR count). The fourth-order valence-corrected chi connectivity index (χ4v) is 3.60. The summed E-state index contributed by atoms with van der Waals surface area (Å²) in [5, 5.41) is 15.5. The average molecular weight is 440 g/mol. The first-order valence-corrected chi connectivity index (χ1v) is 10.8. The Morgan fingerprint density at radius 2 is 1.88 bits per heavy atom. The maximum Gasteiger partial charge on any atom is 0.228 e. The molecule has 0 saturated heterocycles. The average Bonchev–Trinajstić information content (AvgIpc) is 3.27. The van der Waals surface area contributed by atoms with Gasteiger partial charge in [-0.15, -0.1) is 0 Å². The maximum atomic E-state index is 8.95. The van der Waals surface area contributed by atoms with Crippen molar-refractivity contribution in [1.82, 2.24) is 9.55 Å². The number of nitrogens with zero attached hydrogens (tertiary/aromatic N) is 5. The van der Waals surface area contributed by atoms with Gasteiger partial charge in [-0.25, -0.2) is 9.98 Å². The number of guanidine groups is 1. The van der Waals surface area contributed by atoms with Crippen LogP contribution in [0.25, 0.3) is 0 Å². The fraction of sp³-hybridized carbons (Fsp3) is 0.231. The van der Waals surface area contributed by atoms with E-state index in [-0.39, 0.29) is 0 Å². The summed E-state index contributed by atoms with van der Waals surface area (Å²) in [4.78, 5) is 13.0. The van der Waals surface area contributed by atoms with E-state index in [0.717, 1.165) is 41.3 Å². The number of hydrogen-bond donors (Lipinski definition) is 2. The lowest BCUT2D eigenvalue weighted by molar-refractivity contribution is 0.731. The van der Waals surface area contributed by atoms with E-state index in [0.29, 0.717) is 17.3 Å². The number of nitrogens with one attached hydrogen (secondary N) is 2. The van der Waals surface area contributed by atoms with E-state index in [1.165, 1.54) is 5.56 Å². The molecule has 1 heterocycles. The van der Waals surface area contributed by atoms with Crippen molar-refractivity contribution in [2.75, 3.05) is 10.6 Å². The Kier molecular flexibility index (Phi) is 7.77. The maximum absolute atomic E-state index is 8.95. The van der Waals surface area contributed by atoms with Crippen LogP contribution < -0.4 is 10.6 Å². The zero-order valence-electron chi connectivity index (χ0n) is 19.6. The first-order valence-electron chi connectivity index (χ1n) is 10.8. The Bertz CT molecular complexity index is 1200. The zero-order chi connectivity index (χ0) is 23.8. The van der Waals surface area contributed by atoms with Gasteiger partial charge in [0.2, 0.25) is 5.96 Å². The number of anilines is 2. The SMILES string of the molecule is C=NC(=N/C(=C\C)Nc1c(C)cc(Cn2ccnc2CC)cc1C)Nc1ccc(C#N)cc1. The Balaban J connectivity index is 1.78. The van der Waals surface area contributed by atoms with Crippen molar-refractivity contribution in [3.63, 3.8) is 0 Å². The van der Waals surface area contributed by atoms with Gasteiger partial charge in [-0.2, -0.15) is 10.3 Å². The van der Waals surface area contributed by atoms with Gasteiger partial charge in [0, 0.05) is 36.7 Å². The normalized spacial score (nSPS) is 11.7. The molecule has 0 radical (unpaired) electrons. The van der Waals surface area contributed by atoms with Crippen LogP contribution in [0.1, 0.15) is 41.9 Å². The summed E-state index contributed by atoms with van der Waals surface area (Å²) in [5.41, 5.74) is 5.87. The number of aryl methyl sites for hydroxylation is 3. The van der Waals surface area contributed by atoms with E-state index < -0.39 is 0 Å². The lowest BCUT2D eigenvalue weighted by Crippen LogP contribution is -2.12. The molecule has 7 nitrogen and oxygen atoms in total. The van der Waals surface area contributed by atoms with E-state index in [1.807, 2.05) is 25.4 Å². The summed E-state index contributed by atoms with van der Waals surface area (Å²) in [7, 11) is 0. The Morgan fingerprint density at radius 3 is 2.45 bits per heavy atom. The van der Waals surface area contributed by atoms with Gasteiger partial charge >= 0.3 is 0 Å². The van der Waals surface area contributed by atoms with E-state index in [1.54, 1.807) is 24.3 Å². The number of hydrogen-bond acceptors (Lipinski definition) is 4. The van der Waals surface area contributed by atoms with Crippen molar-refractivity contribution >= 4 is 24.1 Å². The van der Waals surface area contributed by atoms with E-state index in [9.17, 15) is 0 Å². The number of rotatable bonds is 7. The largest absolute Gasteiger partial charge is 0.340 e. The Labute approximate surface area is 195 Å². The highest BCUT2D eigenvalue weighted by atomic mass is 15.2. The highest BCUT2D eigenvalue weighted by Gasteiger charge is 2.09. The molecule has 0 aliphatic carbocycles. The van der Waals surface area contributed by atoms with Gasteiger partial charge in [-0.1, -0.05) is 19.1 Å². The third-order valence-corrected chi connectivity index (χ3v) is 5.24. The second-order valence-corrected chi connectivity index (χ2v) is 7.64. The molecule has 0 aliphatic rings. The van der Waals surface area contributed by atoms with Crippen molar-refractivity contribution in [3.8, 4) is 6.07 Å². The summed E-state index contributed by atoms with van der Waals surface area (Å²) < 4.78 is 2.18. The van der Waals surface area contributed by atoms with Crippen LogP contribution in [0.4, 0.5) is 11.4 Å². The summed E-state index contributed by atoms with van der Waals surface area (Å²) in [5.74, 6) is 2.09. The molecule has 0 saturated carbocycles. The number of allylic oxidation sites excluding steroid dienone is 1. The molecule has 1 aromatic heterocycles. The van der Waals surface area contributed by atoms with E-state index in [4.69, 9.17) is 5.26 Å². The zero-order valence-corrected chi connectivity index (χ0v) is 19.6. The van der Waals surface area contributed by atoms with E-state index >= 15 is 0 Å². The molecule has 0 amide bonds. The molecule has 0 bridgehead atoms. The van der Waals surface area contributed by atoms with Gasteiger partial charge in [-0.05, 0) is 74.5 Å². The minimum atomic E-state index is 0.361. The Hall–Kier alpha value is -4.18. The van der Waals surface area contributed by atoms with Crippen molar-refractivity contribution in [1.29, 1.82) is 5.26 Å². The quantitative estimate of drug-likeness (QED) is 0.380. The van der Waals surface area contributed by atoms with Crippen LogP contribution in [0.3, 0.4) is 0 Å². The van der Waals surface area contributed by atoms with Crippen LogP contribution in [0.5, 0.6) is 0 Å². The molecule has 0 fully saturated rings. The molecule has 3 aromatic rings. The summed E-state index contributed by atoms with van der Waals surface area (Å²) >= 11 is 0. The molecule has 0 atom stereocenters. The number of nitriles is 1. The minimum Gasteiger partial charge on any atom is -0.340 e. The molecule has 0 unspecified atom stereocenters. The standard InChI is InChI=1S/C26H29N7/c1-6-23(32-26(28-5)30-22-10-8-20(16-27)9-11-22)31-25-18(3)14-21(15-19(25)4)17-33-13-12-29-24(33)7-2/h6,8-15,31H,5,7,17H2,1-4H3,(H,30,32)/b23-6-. The summed E-state index contributed by atoms with van der Waals surface area (Å²) in [6, 6.07) is 13.6. The van der Waals surface area contributed by atoms with Gasteiger partial charge < -0.3 is 15.2 Å². The first kappa shape index (κ1) is 23.5. The van der Waals surface area contributed by atoms with Crippen molar-refractivity contribution in [2.45, 2.75) is 40.7 Å². The van der Waals surface area contributed by atoms with Crippen LogP contribution in [0.15, 0.2) is 70.7 Å². The highest BCUT2D eigenvalue weighted by Crippen LogP contribution is 2.25. The number of benzene rings is 2. The molecule has 33 heavy (non-hydrogen) atoms. The van der Waals surface area contributed by atoms with Gasteiger partial charge in [0.25, 0.3) is 0 Å². The third kappa shape index (κ3) is 5.95. The lowest BCUT2D eigenvalue weighted by Gasteiger charge is -2.16. The van der Waals surface area contributed by atoms with Crippen LogP contribution in [-0.4, -0.2) is 22.2 Å². The number of aromatic nitrogens is 2. The lowest BCUT2D eigenvalue weighted by atomic mass is 10.0. The number of imidazole rings is 1. The molecule has 168 valence electrons. The smallest absolute Gasteiger partial charge is 0.228 e. The van der Waals surface area contributed by atoms with Gasteiger partial charge in [0.15, 0.2) is 0 Å². The number of aliphatic imine (C=N–C) groups is 2. The second kappa shape index (κ2) is 10.9. The van der Waals surface area contributed by atoms with Crippen molar-refractivity contribution in [3.05, 3.63) is 88.8 Å². The minimum absolute atomic E-state index is 0.361. The highest BCUT2D eigenvalue weighted by molar-refractivity contribution is 5.97. The first-order chi connectivity index (χ1) is 16.0. The molecule has 0 spiro atoms. The summed E-state index contributed by atoms with van der Waals surface area (Å²) in [6.07, 6.45) is 6.66. The predicted molar refractivity (Wildman–Crippen MR) is 136 cm³/mol. The Morgan fingerprint density at radius 1 is 1.18 bits per heavy atom. The monoisotopic (exact) mass is 439 g/mol. The molecular formula is C26H29N7. The van der Waals surface area contributed by atoms with Gasteiger partial charge in [-0.3, -0.25) is 0 Å². The molecular weight excluding hydrogens is 410 g/mol. The van der Waals surface area contributed by atoms with Crippen LogP contribution >= 0.6 is 0 Å². The van der Waals surface area contributed by atoms with Crippen LogP contribution in [0, 0.1) is 25.2 Å². The van der Waals surface area contributed by atoms with Crippen molar-refractivity contribution in [2.24, 2.45) is 9.98 Å². The van der Waals surface area contributed by atoms with Gasteiger partial charge in [0.1, 0.15) is 11.6 Å². The molecule has 0 aliphatic heterocycles.